The third-order valence-corrected chi connectivity index (χ3v) is 5.47. The third kappa shape index (κ3) is 3.79. The molecule has 0 saturated heterocycles. The first-order valence-corrected chi connectivity index (χ1v) is 8.65. The van der Waals surface area contributed by atoms with Gasteiger partial charge in [-0.05, 0) is 43.4 Å². The fourth-order valence-corrected chi connectivity index (χ4v) is 3.85. The van der Waals surface area contributed by atoms with E-state index >= 15 is 0 Å². The molecular weight excluding hydrogens is 330 g/mol. The molecule has 116 valence electrons. The minimum absolute atomic E-state index is 0.0122. The molecule has 2 atom stereocenters. The Bertz CT molecular complexity index is 518. The number of nitrogens with one attached hydrogen (secondary N) is 1. The second-order valence-electron chi connectivity index (χ2n) is 6.25. The number of carbonyl (C=O) groups is 1. The van der Waals surface area contributed by atoms with Gasteiger partial charge in [-0.1, -0.05) is 41.8 Å². The summed E-state index contributed by atoms with van der Waals surface area (Å²) >= 11 is 3.60. The molecule has 3 nitrogen and oxygen atoms in total. The van der Waals surface area contributed by atoms with E-state index in [4.69, 9.17) is 4.74 Å². The van der Waals surface area contributed by atoms with Crippen LogP contribution in [-0.4, -0.2) is 23.9 Å². The molecule has 0 aromatic heterocycles. The zero-order chi connectivity index (χ0) is 15.5. The summed E-state index contributed by atoms with van der Waals surface area (Å²) in [5.41, 5.74) is 1.58. The maximum absolute atomic E-state index is 12.6. The summed E-state index contributed by atoms with van der Waals surface area (Å²) in [6.07, 6.45) is 4.50. The first-order chi connectivity index (χ1) is 9.99. The highest BCUT2D eigenvalue weighted by Crippen LogP contribution is 2.34. The van der Waals surface area contributed by atoms with Gasteiger partial charge in [0, 0.05) is 10.9 Å². The van der Waals surface area contributed by atoms with Crippen LogP contribution < -0.4 is 10.1 Å². The number of amides is 1. The van der Waals surface area contributed by atoms with Crippen molar-refractivity contribution in [1.82, 2.24) is 5.32 Å². The number of halogens is 1. The van der Waals surface area contributed by atoms with E-state index in [1.54, 1.807) is 7.11 Å². The lowest BCUT2D eigenvalue weighted by Crippen LogP contribution is -2.52. The summed E-state index contributed by atoms with van der Waals surface area (Å²) in [6.45, 7) is 4.24. The molecule has 21 heavy (non-hydrogen) atoms. The lowest BCUT2D eigenvalue weighted by molar-refractivity contribution is 0.0869. The predicted octanol–water partition coefficient (Wildman–Crippen LogP) is 4.08. The fraction of sp³-hybridized carbons (Fsp3) is 0.588. The van der Waals surface area contributed by atoms with Crippen molar-refractivity contribution in [2.45, 2.75) is 45.1 Å². The molecule has 0 spiro atoms. The molecule has 0 radical (unpaired) electrons. The van der Waals surface area contributed by atoms with Crippen LogP contribution in [0.4, 0.5) is 0 Å². The van der Waals surface area contributed by atoms with E-state index in [2.05, 4.69) is 28.2 Å². The molecule has 1 aliphatic rings. The Labute approximate surface area is 135 Å². The number of carbonyl (C=O) groups excluding carboxylic acids is 1. The highest BCUT2D eigenvalue weighted by molar-refractivity contribution is 9.09. The van der Waals surface area contributed by atoms with Crippen molar-refractivity contribution in [2.24, 2.45) is 5.92 Å². The van der Waals surface area contributed by atoms with Gasteiger partial charge in [-0.15, -0.1) is 0 Å². The number of aryl methyl sites for hydroxylation is 1. The Morgan fingerprint density at radius 1 is 1.52 bits per heavy atom. The minimum Gasteiger partial charge on any atom is -0.496 e. The molecule has 1 aromatic carbocycles. The van der Waals surface area contributed by atoms with Crippen molar-refractivity contribution in [3.8, 4) is 5.75 Å². The van der Waals surface area contributed by atoms with E-state index < -0.39 is 0 Å². The van der Waals surface area contributed by atoms with Crippen LogP contribution in [0.25, 0.3) is 0 Å². The van der Waals surface area contributed by atoms with Crippen molar-refractivity contribution in [3.05, 3.63) is 29.3 Å². The van der Waals surface area contributed by atoms with Gasteiger partial charge in [-0.2, -0.15) is 0 Å². The molecular formula is C17H24BrNO2. The van der Waals surface area contributed by atoms with Gasteiger partial charge < -0.3 is 10.1 Å². The van der Waals surface area contributed by atoms with Gasteiger partial charge in [0.25, 0.3) is 5.91 Å². The number of ether oxygens (including phenoxy) is 1. The van der Waals surface area contributed by atoms with Gasteiger partial charge in [0.1, 0.15) is 5.75 Å². The summed E-state index contributed by atoms with van der Waals surface area (Å²) in [6, 6.07) is 5.61. The van der Waals surface area contributed by atoms with Crippen molar-refractivity contribution in [1.29, 1.82) is 0 Å². The Kier molecular flexibility index (Phi) is 5.31. The molecule has 0 aliphatic heterocycles. The summed E-state index contributed by atoms with van der Waals surface area (Å²) in [7, 11) is 1.63. The van der Waals surface area contributed by atoms with Crippen LogP contribution in [-0.2, 0) is 0 Å². The maximum Gasteiger partial charge on any atom is 0.251 e. The molecule has 0 bridgehead atoms. The van der Waals surface area contributed by atoms with E-state index in [0.29, 0.717) is 11.5 Å². The number of alkyl halides is 1. The molecule has 0 heterocycles. The number of hydrogen-bond donors (Lipinski definition) is 1. The largest absolute Gasteiger partial charge is 0.496 e. The number of rotatable bonds is 4. The van der Waals surface area contributed by atoms with Crippen LogP contribution in [0.3, 0.4) is 0 Å². The Morgan fingerprint density at radius 3 is 2.90 bits per heavy atom. The van der Waals surface area contributed by atoms with Crippen LogP contribution in [0.1, 0.15) is 48.5 Å². The van der Waals surface area contributed by atoms with Crippen LogP contribution in [0.15, 0.2) is 18.2 Å². The minimum atomic E-state index is -0.118. The monoisotopic (exact) mass is 353 g/mol. The second-order valence-corrected chi connectivity index (χ2v) is 6.81. The first-order valence-electron chi connectivity index (χ1n) is 7.53. The van der Waals surface area contributed by atoms with Gasteiger partial charge in [0.05, 0.1) is 12.6 Å². The van der Waals surface area contributed by atoms with E-state index in [9.17, 15) is 4.79 Å². The van der Waals surface area contributed by atoms with E-state index in [-0.39, 0.29) is 11.4 Å². The zero-order valence-corrected chi connectivity index (χ0v) is 14.6. The molecule has 2 unspecified atom stereocenters. The van der Waals surface area contributed by atoms with Gasteiger partial charge in [-0.25, -0.2) is 0 Å². The Hall–Kier alpha value is -1.03. The van der Waals surface area contributed by atoms with Crippen molar-refractivity contribution in [2.75, 3.05) is 12.4 Å². The third-order valence-electron chi connectivity index (χ3n) is 4.40. The van der Waals surface area contributed by atoms with E-state index in [1.807, 2.05) is 25.1 Å². The smallest absolute Gasteiger partial charge is 0.251 e. The SMILES string of the molecule is COc1cc(C(=O)NC2(CBr)CCCC(C)C2)ccc1C. The quantitative estimate of drug-likeness (QED) is 0.828. The van der Waals surface area contributed by atoms with Crippen LogP contribution >= 0.6 is 15.9 Å². The maximum atomic E-state index is 12.6. The lowest BCUT2D eigenvalue weighted by Gasteiger charge is -2.39. The van der Waals surface area contributed by atoms with Crippen molar-refractivity contribution >= 4 is 21.8 Å². The summed E-state index contributed by atoms with van der Waals surface area (Å²) in [4.78, 5) is 12.6. The molecule has 1 aromatic rings. The van der Waals surface area contributed by atoms with Crippen molar-refractivity contribution < 1.29 is 9.53 Å². The van der Waals surface area contributed by atoms with Gasteiger partial charge in [0.2, 0.25) is 0 Å². The van der Waals surface area contributed by atoms with E-state index in [1.165, 1.54) is 12.8 Å². The van der Waals surface area contributed by atoms with Gasteiger partial charge in [0.15, 0.2) is 0 Å². The Morgan fingerprint density at radius 2 is 2.29 bits per heavy atom. The fourth-order valence-electron chi connectivity index (χ4n) is 3.20. The molecule has 1 fully saturated rings. The molecule has 1 amide bonds. The molecule has 1 N–H and O–H groups in total. The molecule has 2 rings (SSSR count). The summed E-state index contributed by atoms with van der Waals surface area (Å²) in [5, 5.41) is 4.06. The van der Waals surface area contributed by atoms with Gasteiger partial charge >= 0.3 is 0 Å². The van der Waals surface area contributed by atoms with Crippen LogP contribution in [0.5, 0.6) is 5.75 Å². The lowest BCUT2D eigenvalue weighted by atomic mass is 9.77. The molecule has 1 aliphatic carbocycles. The Balaban J connectivity index is 2.16. The summed E-state index contributed by atoms with van der Waals surface area (Å²) in [5.74, 6) is 1.40. The average molecular weight is 354 g/mol. The van der Waals surface area contributed by atoms with E-state index in [0.717, 1.165) is 29.5 Å². The number of methoxy groups -OCH3 is 1. The standard InChI is InChI=1S/C17H24BrNO2/c1-12-5-4-8-17(10-12,11-18)19-16(20)14-7-6-13(2)15(9-14)21-3/h6-7,9,12H,4-5,8,10-11H2,1-3H3,(H,19,20). The first kappa shape index (κ1) is 16.3. The zero-order valence-electron chi connectivity index (χ0n) is 13.0. The molecule has 4 heteroatoms. The van der Waals surface area contributed by atoms with Gasteiger partial charge in [-0.3, -0.25) is 4.79 Å². The predicted molar refractivity (Wildman–Crippen MR) is 89.4 cm³/mol. The summed E-state index contributed by atoms with van der Waals surface area (Å²) < 4.78 is 5.31. The molecule has 1 saturated carbocycles. The average Bonchev–Trinajstić information content (AvgIpc) is 2.47. The topological polar surface area (TPSA) is 38.3 Å². The van der Waals surface area contributed by atoms with Crippen molar-refractivity contribution in [3.63, 3.8) is 0 Å². The highest BCUT2D eigenvalue weighted by Gasteiger charge is 2.35. The normalized spacial score (nSPS) is 25.4. The highest BCUT2D eigenvalue weighted by atomic mass is 79.9. The van der Waals surface area contributed by atoms with Crippen LogP contribution in [0.2, 0.25) is 0 Å². The number of benzene rings is 1. The second kappa shape index (κ2) is 6.82. The number of hydrogen-bond acceptors (Lipinski definition) is 2. The van der Waals surface area contributed by atoms with Crippen LogP contribution in [0, 0.1) is 12.8 Å².